The summed E-state index contributed by atoms with van der Waals surface area (Å²) in [5.74, 6) is 0.0177. The van der Waals surface area contributed by atoms with E-state index in [0.29, 0.717) is 0 Å². The van der Waals surface area contributed by atoms with Gasteiger partial charge in [-0.2, -0.15) is 0 Å². The van der Waals surface area contributed by atoms with Crippen LogP contribution in [0.15, 0.2) is 22.7 Å². The van der Waals surface area contributed by atoms with Crippen molar-refractivity contribution in [1.29, 1.82) is 0 Å². The molecular formula is C15H22BrClN2O. The quantitative estimate of drug-likeness (QED) is 0.867. The summed E-state index contributed by atoms with van der Waals surface area (Å²) in [6.07, 6.45) is 2.23. The van der Waals surface area contributed by atoms with Gasteiger partial charge in [0.05, 0.1) is 0 Å². The molecule has 2 rings (SSSR count). The Hall–Kier alpha value is -0.580. The number of hydrogen-bond acceptors (Lipinski definition) is 2. The molecule has 20 heavy (non-hydrogen) atoms. The molecule has 1 fully saturated rings. The Labute approximate surface area is 135 Å². The third-order valence-corrected chi connectivity index (χ3v) is 4.25. The Morgan fingerprint density at radius 1 is 1.35 bits per heavy atom. The van der Waals surface area contributed by atoms with Gasteiger partial charge in [0.1, 0.15) is 0 Å². The minimum atomic E-state index is 0. The largest absolute Gasteiger partial charge is 0.351 e. The second kappa shape index (κ2) is 7.43. The fourth-order valence-electron chi connectivity index (χ4n) is 2.47. The highest BCUT2D eigenvalue weighted by atomic mass is 79.9. The standard InChI is InChI=1S/C15H21BrN2O.ClH/c1-11-7-12(9-13(16)8-11)14(19)18-10-15(2)3-5-17-6-4-15;/h7-9,17H,3-6,10H2,1-2H3,(H,18,19);1H. The number of rotatable bonds is 3. The van der Waals surface area contributed by atoms with Crippen molar-refractivity contribution in [2.45, 2.75) is 26.7 Å². The highest BCUT2D eigenvalue weighted by Crippen LogP contribution is 2.26. The summed E-state index contributed by atoms with van der Waals surface area (Å²) in [7, 11) is 0. The summed E-state index contributed by atoms with van der Waals surface area (Å²) in [6, 6.07) is 5.79. The van der Waals surface area contributed by atoms with Crippen LogP contribution in [0.4, 0.5) is 0 Å². The summed E-state index contributed by atoms with van der Waals surface area (Å²) >= 11 is 3.43. The van der Waals surface area contributed by atoms with Gasteiger partial charge >= 0.3 is 0 Å². The molecule has 0 saturated carbocycles. The van der Waals surface area contributed by atoms with Gasteiger partial charge < -0.3 is 10.6 Å². The highest BCUT2D eigenvalue weighted by molar-refractivity contribution is 9.10. The first-order valence-electron chi connectivity index (χ1n) is 6.75. The van der Waals surface area contributed by atoms with Crippen LogP contribution in [0.25, 0.3) is 0 Å². The molecule has 5 heteroatoms. The van der Waals surface area contributed by atoms with Gasteiger partial charge in [-0.25, -0.2) is 0 Å². The van der Waals surface area contributed by atoms with Crippen LogP contribution in [-0.2, 0) is 0 Å². The molecule has 112 valence electrons. The van der Waals surface area contributed by atoms with E-state index in [-0.39, 0.29) is 23.7 Å². The van der Waals surface area contributed by atoms with E-state index in [1.807, 2.05) is 25.1 Å². The maximum Gasteiger partial charge on any atom is 0.251 e. The molecule has 2 N–H and O–H groups in total. The maximum absolute atomic E-state index is 12.2. The molecule has 0 aliphatic carbocycles. The van der Waals surface area contributed by atoms with E-state index in [1.54, 1.807) is 0 Å². The zero-order chi connectivity index (χ0) is 13.9. The normalized spacial score (nSPS) is 17.1. The minimum Gasteiger partial charge on any atom is -0.351 e. The van der Waals surface area contributed by atoms with Crippen LogP contribution in [0.5, 0.6) is 0 Å². The molecule has 0 bridgehead atoms. The van der Waals surface area contributed by atoms with Crippen LogP contribution in [0.1, 0.15) is 35.7 Å². The molecule has 1 aromatic carbocycles. The van der Waals surface area contributed by atoms with Crippen molar-refractivity contribution >= 4 is 34.2 Å². The Bertz CT molecular complexity index is 453. The number of carbonyl (C=O) groups is 1. The van der Waals surface area contributed by atoms with Gasteiger partial charge in [-0.1, -0.05) is 22.9 Å². The lowest BCUT2D eigenvalue weighted by Crippen LogP contribution is -2.42. The number of aryl methyl sites for hydroxylation is 1. The van der Waals surface area contributed by atoms with Gasteiger partial charge in [0.15, 0.2) is 0 Å². The van der Waals surface area contributed by atoms with E-state index >= 15 is 0 Å². The molecule has 0 unspecified atom stereocenters. The zero-order valence-corrected chi connectivity index (χ0v) is 14.4. The molecule has 3 nitrogen and oxygen atoms in total. The van der Waals surface area contributed by atoms with Crippen LogP contribution >= 0.6 is 28.3 Å². The summed E-state index contributed by atoms with van der Waals surface area (Å²) in [4.78, 5) is 12.2. The van der Waals surface area contributed by atoms with E-state index in [0.717, 1.165) is 48.1 Å². The first kappa shape index (κ1) is 17.5. The van der Waals surface area contributed by atoms with Crippen molar-refractivity contribution in [2.75, 3.05) is 19.6 Å². The first-order chi connectivity index (χ1) is 8.98. The molecule has 1 aliphatic rings. The van der Waals surface area contributed by atoms with Crippen LogP contribution in [0.3, 0.4) is 0 Å². The molecule has 1 aromatic rings. The second-order valence-electron chi connectivity index (χ2n) is 5.76. The molecule has 1 amide bonds. The van der Waals surface area contributed by atoms with Gasteiger partial charge in [0.2, 0.25) is 0 Å². The topological polar surface area (TPSA) is 41.1 Å². The van der Waals surface area contributed by atoms with Gasteiger partial charge in [-0.3, -0.25) is 4.79 Å². The average molecular weight is 362 g/mol. The third kappa shape index (κ3) is 4.76. The Morgan fingerprint density at radius 2 is 2.00 bits per heavy atom. The van der Waals surface area contributed by atoms with Crippen LogP contribution in [0.2, 0.25) is 0 Å². The third-order valence-electron chi connectivity index (χ3n) is 3.79. The molecule has 0 aromatic heterocycles. The molecule has 1 saturated heterocycles. The molecule has 1 aliphatic heterocycles. The fraction of sp³-hybridized carbons (Fsp3) is 0.533. The Kier molecular flexibility index (Phi) is 6.49. The van der Waals surface area contributed by atoms with Crippen molar-refractivity contribution < 1.29 is 4.79 Å². The number of piperidine rings is 1. The molecule has 0 atom stereocenters. The summed E-state index contributed by atoms with van der Waals surface area (Å²) in [6.45, 7) is 7.08. The number of halogens is 2. The van der Waals surface area contributed by atoms with Crippen molar-refractivity contribution in [3.8, 4) is 0 Å². The van der Waals surface area contributed by atoms with E-state index < -0.39 is 0 Å². The molecule has 1 heterocycles. The van der Waals surface area contributed by atoms with Crippen LogP contribution in [0, 0.1) is 12.3 Å². The minimum absolute atomic E-state index is 0. The molecule has 0 radical (unpaired) electrons. The van der Waals surface area contributed by atoms with E-state index in [9.17, 15) is 4.79 Å². The Morgan fingerprint density at radius 3 is 2.60 bits per heavy atom. The lowest BCUT2D eigenvalue weighted by molar-refractivity contribution is 0.0922. The second-order valence-corrected chi connectivity index (χ2v) is 6.68. The maximum atomic E-state index is 12.2. The van der Waals surface area contributed by atoms with Crippen molar-refractivity contribution in [2.24, 2.45) is 5.41 Å². The predicted molar refractivity (Wildman–Crippen MR) is 88.7 cm³/mol. The molecular weight excluding hydrogens is 340 g/mol. The SMILES string of the molecule is Cc1cc(Br)cc(C(=O)NCC2(C)CCNCC2)c1.Cl. The number of carbonyl (C=O) groups excluding carboxylic acids is 1. The number of benzene rings is 1. The number of nitrogens with one attached hydrogen (secondary N) is 2. The summed E-state index contributed by atoms with van der Waals surface area (Å²) in [5.41, 5.74) is 2.04. The van der Waals surface area contributed by atoms with E-state index in [2.05, 4.69) is 33.5 Å². The lowest BCUT2D eigenvalue weighted by atomic mass is 9.81. The summed E-state index contributed by atoms with van der Waals surface area (Å²) < 4.78 is 0.950. The average Bonchev–Trinajstić information content (AvgIpc) is 2.36. The first-order valence-corrected chi connectivity index (χ1v) is 7.54. The van der Waals surface area contributed by atoms with E-state index in [1.165, 1.54) is 0 Å². The smallest absolute Gasteiger partial charge is 0.251 e. The van der Waals surface area contributed by atoms with Gasteiger partial charge in [0.25, 0.3) is 5.91 Å². The molecule has 0 spiro atoms. The fourth-order valence-corrected chi connectivity index (χ4v) is 3.08. The highest BCUT2D eigenvalue weighted by Gasteiger charge is 2.27. The van der Waals surface area contributed by atoms with E-state index in [4.69, 9.17) is 0 Å². The van der Waals surface area contributed by atoms with Crippen molar-refractivity contribution in [1.82, 2.24) is 10.6 Å². The van der Waals surface area contributed by atoms with Crippen molar-refractivity contribution in [3.05, 3.63) is 33.8 Å². The number of hydrogen-bond donors (Lipinski definition) is 2. The Balaban J connectivity index is 0.00000200. The van der Waals surface area contributed by atoms with Crippen LogP contribution in [-0.4, -0.2) is 25.5 Å². The van der Waals surface area contributed by atoms with Gasteiger partial charge in [0, 0.05) is 16.6 Å². The monoisotopic (exact) mass is 360 g/mol. The van der Waals surface area contributed by atoms with Gasteiger partial charge in [-0.05, 0) is 62.0 Å². The van der Waals surface area contributed by atoms with Crippen molar-refractivity contribution in [3.63, 3.8) is 0 Å². The van der Waals surface area contributed by atoms with Crippen LogP contribution < -0.4 is 10.6 Å². The number of amides is 1. The lowest BCUT2D eigenvalue weighted by Gasteiger charge is -2.34. The predicted octanol–water partition coefficient (Wildman–Crippen LogP) is 3.30. The van der Waals surface area contributed by atoms with Gasteiger partial charge in [-0.15, -0.1) is 12.4 Å². The zero-order valence-electron chi connectivity index (χ0n) is 12.0. The summed E-state index contributed by atoms with van der Waals surface area (Å²) in [5, 5.41) is 6.43.